The molecule has 0 aromatic heterocycles. The second-order valence-electron chi connectivity index (χ2n) is 7.34. The standard InChI is InChI=1S/C21H13F5N2O4S/c1-10-6-8-11(9-7-10)33(31,32)27-20(12-4-2-3-5-13(12)28(29)30)21(27)14-15(22)17(24)19(26)18(25)16(14)23/h2-9,20-21H,1H3. The monoisotopic (exact) mass is 484 g/mol. The molecule has 0 N–H and O–H groups in total. The molecule has 0 radical (unpaired) electrons. The van der Waals surface area contributed by atoms with Crippen LogP contribution >= 0.6 is 0 Å². The largest absolute Gasteiger partial charge is 0.274 e. The minimum Gasteiger partial charge on any atom is -0.258 e. The maximum Gasteiger partial charge on any atom is 0.274 e. The molecule has 1 heterocycles. The van der Waals surface area contributed by atoms with Crippen LogP contribution in [-0.4, -0.2) is 17.6 Å². The molecular weight excluding hydrogens is 471 g/mol. The Morgan fingerprint density at radius 3 is 1.88 bits per heavy atom. The summed E-state index contributed by atoms with van der Waals surface area (Å²) in [5.41, 5.74) is -1.51. The van der Waals surface area contributed by atoms with Crippen molar-refractivity contribution in [2.24, 2.45) is 0 Å². The molecule has 6 nitrogen and oxygen atoms in total. The van der Waals surface area contributed by atoms with Crippen LogP contribution in [0.5, 0.6) is 0 Å². The van der Waals surface area contributed by atoms with Gasteiger partial charge in [-0.25, -0.2) is 30.4 Å². The zero-order valence-electron chi connectivity index (χ0n) is 16.6. The number of rotatable bonds is 5. The first-order valence-electron chi connectivity index (χ1n) is 9.33. The fraction of sp³-hybridized carbons (Fsp3) is 0.143. The van der Waals surface area contributed by atoms with Gasteiger partial charge in [-0.2, -0.15) is 4.31 Å². The number of nitrogens with zero attached hydrogens (tertiary/aromatic N) is 2. The number of aryl methyl sites for hydroxylation is 1. The second-order valence-corrected chi connectivity index (χ2v) is 9.18. The summed E-state index contributed by atoms with van der Waals surface area (Å²) in [6.07, 6.45) is 0. The molecule has 0 amide bonds. The summed E-state index contributed by atoms with van der Waals surface area (Å²) in [6.45, 7) is 1.68. The molecule has 3 unspecified atom stereocenters. The number of nitro benzene ring substituents is 1. The number of benzene rings is 3. The van der Waals surface area contributed by atoms with Gasteiger partial charge in [-0.05, 0) is 19.1 Å². The van der Waals surface area contributed by atoms with Crippen molar-refractivity contribution < 1.29 is 35.3 Å². The molecule has 4 rings (SSSR count). The highest BCUT2D eigenvalue weighted by molar-refractivity contribution is 7.89. The third-order valence-corrected chi connectivity index (χ3v) is 7.22. The van der Waals surface area contributed by atoms with Crippen LogP contribution < -0.4 is 0 Å². The van der Waals surface area contributed by atoms with Crippen molar-refractivity contribution >= 4 is 15.7 Å². The Balaban J connectivity index is 1.95. The molecule has 0 aliphatic carbocycles. The topological polar surface area (TPSA) is 80.3 Å². The number of hydrogen-bond acceptors (Lipinski definition) is 4. The second kappa shape index (κ2) is 7.89. The van der Waals surface area contributed by atoms with E-state index < -0.39 is 67.4 Å². The van der Waals surface area contributed by atoms with E-state index in [1.807, 2.05) is 0 Å². The molecule has 1 aliphatic heterocycles. The van der Waals surface area contributed by atoms with Crippen molar-refractivity contribution in [3.05, 3.63) is 104 Å². The maximum atomic E-state index is 14.6. The zero-order valence-corrected chi connectivity index (χ0v) is 17.4. The van der Waals surface area contributed by atoms with Crippen LogP contribution in [0.3, 0.4) is 0 Å². The molecule has 1 fully saturated rings. The average Bonchev–Trinajstić information content (AvgIpc) is 3.52. The Morgan fingerprint density at radius 2 is 1.33 bits per heavy atom. The van der Waals surface area contributed by atoms with Crippen molar-refractivity contribution in [2.45, 2.75) is 23.9 Å². The van der Waals surface area contributed by atoms with Gasteiger partial charge in [0.2, 0.25) is 15.8 Å². The van der Waals surface area contributed by atoms with Gasteiger partial charge in [0.05, 0.1) is 33.0 Å². The van der Waals surface area contributed by atoms with E-state index in [2.05, 4.69) is 0 Å². The Hall–Kier alpha value is -3.38. The lowest BCUT2D eigenvalue weighted by atomic mass is 10.0. The lowest BCUT2D eigenvalue weighted by Crippen LogP contribution is -2.15. The molecule has 3 aromatic carbocycles. The minimum atomic E-state index is -4.55. The molecule has 3 aromatic rings. The van der Waals surface area contributed by atoms with Crippen molar-refractivity contribution in [1.82, 2.24) is 4.31 Å². The van der Waals surface area contributed by atoms with Gasteiger partial charge in [-0.3, -0.25) is 10.1 Å². The third kappa shape index (κ3) is 3.55. The smallest absolute Gasteiger partial charge is 0.258 e. The predicted octanol–water partition coefficient (Wildman–Crippen LogP) is 5.09. The molecule has 0 bridgehead atoms. The molecule has 3 atom stereocenters. The van der Waals surface area contributed by atoms with E-state index in [9.17, 15) is 40.5 Å². The number of nitro groups is 1. The van der Waals surface area contributed by atoms with Gasteiger partial charge in [-0.15, -0.1) is 0 Å². The van der Waals surface area contributed by atoms with E-state index >= 15 is 0 Å². The van der Waals surface area contributed by atoms with Crippen LogP contribution in [0.25, 0.3) is 0 Å². The molecule has 1 saturated heterocycles. The lowest BCUT2D eigenvalue weighted by molar-refractivity contribution is -0.385. The van der Waals surface area contributed by atoms with Crippen molar-refractivity contribution in [3.8, 4) is 0 Å². The van der Waals surface area contributed by atoms with Gasteiger partial charge in [0.15, 0.2) is 23.3 Å². The van der Waals surface area contributed by atoms with E-state index in [0.29, 0.717) is 9.87 Å². The maximum absolute atomic E-state index is 14.6. The lowest BCUT2D eigenvalue weighted by Gasteiger charge is -2.09. The molecule has 12 heteroatoms. The van der Waals surface area contributed by atoms with E-state index in [1.165, 1.54) is 36.4 Å². The SMILES string of the molecule is Cc1ccc(S(=O)(=O)N2C(c3ccccc3[N+](=O)[O-])C2c2c(F)c(F)c(F)c(F)c2F)cc1. The highest BCUT2D eigenvalue weighted by atomic mass is 32.2. The summed E-state index contributed by atoms with van der Waals surface area (Å²) in [4.78, 5) is 10.3. The van der Waals surface area contributed by atoms with Crippen molar-refractivity contribution in [3.63, 3.8) is 0 Å². The molecule has 172 valence electrons. The average molecular weight is 484 g/mol. The highest BCUT2D eigenvalue weighted by Crippen LogP contribution is 2.60. The molecule has 0 saturated carbocycles. The Morgan fingerprint density at radius 1 is 0.818 bits per heavy atom. The van der Waals surface area contributed by atoms with Crippen LogP contribution in [0, 0.1) is 46.1 Å². The number of hydrogen-bond donors (Lipinski definition) is 0. The summed E-state index contributed by atoms with van der Waals surface area (Å²) in [5, 5.41) is 11.5. The summed E-state index contributed by atoms with van der Waals surface area (Å²) < 4.78 is 97.5. The van der Waals surface area contributed by atoms with Gasteiger partial charge in [0.1, 0.15) is 0 Å². The molecule has 33 heavy (non-hydrogen) atoms. The van der Waals surface area contributed by atoms with Gasteiger partial charge in [0, 0.05) is 6.07 Å². The summed E-state index contributed by atoms with van der Waals surface area (Å²) >= 11 is 0. The quantitative estimate of drug-likeness (QED) is 0.126. The first-order chi connectivity index (χ1) is 15.5. The first-order valence-corrected chi connectivity index (χ1v) is 10.8. The van der Waals surface area contributed by atoms with Gasteiger partial charge in [0.25, 0.3) is 5.69 Å². The van der Waals surface area contributed by atoms with Crippen LogP contribution in [0.1, 0.15) is 28.8 Å². The predicted molar refractivity (Wildman–Crippen MR) is 105 cm³/mol. The van der Waals surface area contributed by atoms with Crippen LogP contribution in [-0.2, 0) is 10.0 Å². The Labute approximate surface area is 184 Å². The van der Waals surface area contributed by atoms with E-state index in [1.54, 1.807) is 6.92 Å². The summed E-state index contributed by atoms with van der Waals surface area (Å²) in [7, 11) is -4.55. The number of halogens is 5. The minimum absolute atomic E-state index is 0.257. The first kappa shape index (κ1) is 22.8. The van der Waals surface area contributed by atoms with E-state index in [4.69, 9.17) is 0 Å². The summed E-state index contributed by atoms with van der Waals surface area (Å²) in [6, 6.07) is 6.64. The number of para-hydroxylation sites is 1. The Bertz CT molecular complexity index is 1370. The van der Waals surface area contributed by atoms with Crippen molar-refractivity contribution in [2.75, 3.05) is 0 Å². The van der Waals surface area contributed by atoms with E-state index in [0.717, 1.165) is 12.1 Å². The van der Waals surface area contributed by atoms with Crippen LogP contribution in [0.15, 0.2) is 53.4 Å². The van der Waals surface area contributed by atoms with Gasteiger partial charge in [-0.1, -0.05) is 35.9 Å². The number of sulfonamides is 1. The molecular formula is C21H13F5N2O4S. The summed E-state index contributed by atoms with van der Waals surface area (Å²) in [5.74, 6) is -11.3. The normalized spacial score (nSPS) is 20.0. The Kier molecular flexibility index (Phi) is 5.45. The van der Waals surface area contributed by atoms with Crippen molar-refractivity contribution in [1.29, 1.82) is 0 Å². The van der Waals surface area contributed by atoms with E-state index in [-0.39, 0.29) is 10.5 Å². The van der Waals surface area contributed by atoms with Gasteiger partial charge >= 0.3 is 0 Å². The van der Waals surface area contributed by atoms with Gasteiger partial charge < -0.3 is 0 Å². The fourth-order valence-corrected chi connectivity index (χ4v) is 5.44. The molecule has 0 spiro atoms. The fourth-order valence-electron chi connectivity index (χ4n) is 3.72. The third-order valence-electron chi connectivity index (χ3n) is 5.35. The highest BCUT2D eigenvalue weighted by Gasteiger charge is 2.61. The molecule has 1 aliphatic rings. The zero-order chi connectivity index (χ0) is 24.2. The van der Waals surface area contributed by atoms with Crippen LogP contribution in [0.2, 0.25) is 0 Å². The van der Waals surface area contributed by atoms with Crippen LogP contribution in [0.4, 0.5) is 27.6 Å².